The Morgan fingerprint density at radius 2 is 1.96 bits per heavy atom. The highest BCUT2D eigenvalue weighted by molar-refractivity contribution is 5.80. The highest BCUT2D eigenvalue weighted by Gasteiger charge is 2.21. The summed E-state index contributed by atoms with van der Waals surface area (Å²) in [5.74, 6) is 1.24. The van der Waals surface area contributed by atoms with Crippen LogP contribution in [-0.4, -0.2) is 62.0 Å². The van der Waals surface area contributed by atoms with Crippen LogP contribution in [-0.2, 0) is 16.0 Å². The molecule has 1 heterocycles. The minimum Gasteiger partial charge on any atom is -0.508 e. The summed E-state index contributed by atoms with van der Waals surface area (Å²) in [6.07, 6.45) is 3.34. The molecule has 0 spiro atoms. The van der Waals surface area contributed by atoms with Crippen LogP contribution in [0, 0.1) is 0 Å². The summed E-state index contributed by atoms with van der Waals surface area (Å²) in [6.45, 7) is 6.98. The molecule has 1 aliphatic rings. The maximum atomic E-state index is 9.36. The lowest BCUT2D eigenvalue weighted by Crippen LogP contribution is -2.47. The van der Waals surface area contributed by atoms with Gasteiger partial charge in [0.2, 0.25) is 0 Å². The summed E-state index contributed by atoms with van der Waals surface area (Å²) in [4.78, 5) is 7.05. The summed E-state index contributed by atoms with van der Waals surface area (Å²) in [5.41, 5.74) is 1.09. The third-order valence-corrected chi connectivity index (χ3v) is 4.27. The zero-order chi connectivity index (χ0) is 17.9. The highest BCUT2D eigenvalue weighted by atomic mass is 16.5. The molecule has 1 aromatic rings. The zero-order valence-corrected chi connectivity index (χ0v) is 15.4. The molecule has 1 aliphatic heterocycles. The first-order valence-electron chi connectivity index (χ1n) is 9.14. The van der Waals surface area contributed by atoms with Gasteiger partial charge in [0.25, 0.3) is 0 Å². The number of rotatable bonds is 8. The monoisotopic (exact) mass is 349 g/mol. The lowest BCUT2D eigenvalue weighted by atomic mass is 10.1. The zero-order valence-electron chi connectivity index (χ0n) is 15.4. The number of benzene rings is 1. The summed E-state index contributed by atoms with van der Waals surface area (Å²) in [6, 6.07) is 7.21. The number of ether oxygens (including phenoxy) is 2. The van der Waals surface area contributed by atoms with Gasteiger partial charge in [0, 0.05) is 40.0 Å². The Balaban J connectivity index is 1.82. The molecule has 0 aliphatic carbocycles. The van der Waals surface area contributed by atoms with Crippen molar-refractivity contribution < 1.29 is 14.6 Å². The van der Waals surface area contributed by atoms with Crippen LogP contribution < -0.4 is 5.32 Å². The first-order valence-corrected chi connectivity index (χ1v) is 9.14. The van der Waals surface area contributed by atoms with E-state index in [1.807, 2.05) is 12.1 Å². The molecule has 0 bridgehead atoms. The second-order valence-electron chi connectivity index (χ2n) is 6.24. The van der Waals surface area contributed by atoms with Crippen molar-refractivity contribution in [3.05, 3.63) is 29.8 Å². The topological polar surface area (TPSA) is 66.3 Å². The Hall–Kier alpha value is -1.79. The van der Waals surface area contributed by atoms with E-state index in [2.05, 4.69) is 17.1 Å². The molecule has 140 valence electrons. The van der Waals surface area contributed by atoms with Crippen LogP contribution in [0.2, 0.25) is 0 Å². The van der Waals surface area contributed by atoms with Gasteiger partial charge >= 0.3 is 0 Å². The molecule has 2 rings (SSSR count). The summed E-state index contributed by atoms with van der Waals surface area (Å²) < 4.78 is 11.0. The van der Waals surface area contributed by atoms with E-state index >= 15 is 0 Å². The van der Waals surface area contributed by atoms with E-state index in [1.54, 1.807) is 19.2 Å². The van der Waals surface area contributed by atoms with Crippen LogP contribution >= 0.6 is 0 Å². The van der Waals surface area contributed by atoms with Crippen LogP contribution in [0.1, 0.15) is 31.7 Å². The fourth-order valence-corrected chi connectivity index (χ4v) is 2.88. The number of nitrogens with one attached hydrogen (secondary N) is 1. The number of phenols is 1. The van der Waals surface area contributed by atoms with Gasteiger partial charge in [-0.05, 0) is 43.9 Å². The summed E-state index contributed by atoms with van der Waals surface area (Å²) >= 11 is 0. The maximum absolute atomic E-state index is 9.36. The summed E-state index contributed by atoms with van der Waals surface area (Å²) in [5, 5.41) is 12.7. The number of likely N-dealkylation sites (tertiary alicyclic amines) is 1. The number of guanidine groups is 1. The number of aliphatic imine (C=N–C) groups is 1. The normalized spacial score (nSPS) is 16.2. The molecule has 1 saturated heterocycles. The Morgan fingerprint density at radius 3 is 2.60 bits per heavy atom. The van der Waals surface area contributed by atoms with Crippen molar-refractivity contribution in [2.45, 2.75) is 38.8 Å². The van der Waals surface area contributed by atoms with Crippen molar-refractivity contribution in [1.29, 1.82) is 0 Å². The van der Waals surface area contributed by atoms with Crippen LogP contribution in [0.4, 0.5) is 0 Å². The Kier molecular flexibility index (Phi) is 8.55. The van der Waals surface area contributed by atoms with Crippen molar-refractivity contribution in [3.8, 4) is 5.75 Å². The van der Waals surface area contributed by atoms with E-state index in [1.165, 1.54) is 0 Å². The second-order valence-corrected chi connectivity index (χ2v) is 6.24. The quantitative estimate of drug-likeness (QED) is 0.428. The molecular formula is C19H31N3O3. The fraction of sp³-hybridized carbons (Fsp3) is 0.632. The molecule has 0 amide bonds. The Morgan fingerprint density at radius 1 is 1.24 bits per heavy atom. The number of aromatic hydroxyl groups is 1. The minimum absolute atomic E-state index is 0.284. The smallest absolute Gasteiger partial charge is 0.194 e. The lowest BCUT2D eigenvalue weighted by molar-refractivity contribution is 0.00990. The fourth-order valence-electron chi connectivity index (χ4n) is 2.88. The van der Waals surface area contributed by atoms with Crippen LogP contribution in [0.3, 0.4) is 0 Å². The largest absolute Gasteiger partial charge is 0.508 e. The molecule has 0 radical (unpaired) electrons. The average molecular weight is 349 g/mol. The van der Waals surface area contributed by atoms with Gasteiger partial charge in [0.1, 0.15) is 5.75 Å². The van der Waals surface area contributed by atoms with Gasteiger partial charge in [0.15, 0.2) is 5.96 Å². The lowest BCUT2D eigenvalue weighted by Gasteiger charge is -2.34. The third kappa shape index (κ3) is 6.92. The standard InChI is InChI=1S/C19H31N3O3/c1-3-20-19(21-15-16-5-7-17(23)8-6-16)22-11-9-18(10-12-22)25-14-4-13-24-2/h5-8,18,23H,3-4,9-15H2,1-2H3,(H,20,21). The number of methoxy groups -OCH3 is 1. The highest BCUT2D eigenvalue weighted by Crippen LogP contribution is 2.15. The van der Waals surface area contributed by atoms with Crippen molar-refractivity contribution in [2.24, 2.45) is 4.99 Å². The van der Waals surface area contributed by atoms with Crippen molar-refractivity contribution in [3.63, 3.8) is 0 Å². The van der Waals surface area contributed by atoms with Crippen molar-refractivity contribution in [1.82, 2.24) is 10.2 Å². The molecule has 0 unspecified atom stereocenters. The van der Waals surface area contributed by atoms with Gasteiger partial charge in [-0.3, -0.25) is 0 Å². The van der Waals surface area contributed by atoms with Gasteiger partial charge in [-0.1, -0.05) is 12.1 Å². The number of piperidine rings is 1. The molecule has 0 atom stereocenters. The van der Waals surface area contributed by atoms with E-state index in [-0.39, 0.29) is 5.75 Å². The molecule has 2 N–H and O–H groups in total. The molecule has 25 heavy (non-hydrogen) atoms. The minimum atomic E-state index is 0.284. The van der Waals surface area contributed by atoms with Crippen LogP contribution in [0.5, 0.6) is 5.75 Å². The third-order valence-electron chi connectivity index (χ3n) is 4.27. The molecule has 0 saturated carbocycles. The molecule has 6 nitrogen and oxygen atoms in total. The SMILES string of the molecule is CCNC(=NCc1ccc(O)cc1)N1CCC(OCCCOC)CC1. The average Bonchev–Trinajstić information content (AvgIpc) is 2.64. The first kappa shape index (κ1) is 19.5. The van der Waals surface area contributed by atoms with Gasteiger partial charge < -0.3 is 24.8 Å². The summed E-state index contributed by atoms with van der Waals surface area (Å²) in [7, 11) is 1.72. The Bertz CT molecular complexity index is 511. The molecule has 1 fully saturated rings. The van der Waals surface area contributed by atoms with Crippen LogP contribution in [0.15, 0.2) is 29.3 Å². The number of hydrogen-bond acceptors (Lipinski definition) is 4. The molecule has 1 aromatic carbocycles. The maximum Gasteiger partial charge on any atom is 0.194 e. The first-order chi connectivity index (χ1) is 12.2. The van der Waals surface area contributed by atoms with Gasteiger partial charge in [-0.2, -0.15) is 0 Å². The van der Waals surface area contributed by atoms with Gasteiger partial charge in [-0.25, -0.2) is 4.99 Å². The van der Waals surface area contributed by atoms with E-state index < -0.39 is 0 Å². The predicted octanol–water partition coefficient (Wildman–Crippen LogP) is 2.38. The molecule has 0 aromatic heterocycles. The van der Waals surface area contributed by atoms with Crippen molar-refractivity contribution in [2.75, 3.05) is 40.0 Å². The number of phenolic OH excluding ortho intramolecular Hbond substituents is 1. The molecular weight excluding hydrogens is 318 g/mol. The van der Waals surface area contributed by atoms with E-state index in [4.69, 9.17) is 14.5 Å². The van der Waals surface area contributed by atoms with Crippen molar-refractivity contribution >= 4 is 5.96 Å². The van der Waals surface area contributed by atoms with Gasteiger partial charge in [0.05, 0.1) is 12.6 Å². The molecule has 6 heteroatoms. The Labute approximate surface area is 150 Å². The second kappa shape index (κ2) is 10.9. The van der Waals surface area contributed by atoms with Gasteiger partial charge in [-0.15, -0.1) is 0 Å². The predicted molar refractivity (Wildman–Crippen MR) is 100.0 cm³/mol. The number of nitrogens with zero attached hydrogens (tertiary/aromatic N) is 2. The van der Waals surface area contributed by atoms with Crippen LogP contribution in [0.25, 0.3) is 0 Å². The van der Waals surface area contributed by atoms with E-state index in [0.717, 1.165) is 63.6 Å². The van der Waals surface area contributed by atoms with E-state index in [9.17, 15) is 5.11 Å². The van der Waals surface area contributed by atoms with E-state index in [0.29, 0.717) is 12.6 Å². The number of hydrogen-bond donors (Lipinski definition) is 2.